The van der Waals surface area contributed by atoms with Gasteiger partial charge in [-0.3, -0.25) is 4.98 Å². The fourth-order valence-electron chi connectivity index (χ4n) is 2.33. The number of fused-ring (bicyclic) bond motifs is 1. The minimum absolute atomic E-state index is 0.668. The molecule has 0 amide bonds. The number of nitrogens with zero attached hydrogens (tertiary/aromatic N) is 1. The van der Waals surface area contributed by atoms with E-state index in [1.807, 2.05) is 48.7 Å². The third-order valence-corrected chi connectivity index (χ3v) is 4.40. The van der Waals surface area contributed by atoms with Gasteiger partial charge in [0.05, 0.1) is 0 Å². The predicted octanol–water partition coefficient (Wildman–Crippen LogP) is 4.29. The molecule has 0 aliphatic carbocycles. The Bertz CT molecular complexity index is 773. The Balaban J connectivity index is 2.38. The minimum atomic E-state index is -1.07. The van der Waals surface area contributed by atoms with Crippen LogP contribution in [0.15, 0.2) is 59.8 Å². The van der Waals surface area contributed by atoms with Gasteiger partial charge in [-0.15, -0.1) is 0 Å². The Labute approximate surface area is 125 Å². The number of pyridine rings is 1. The molecule has 0 bridgehead atoms. The molecule has 1 atom stereocenters. The molecule has 0 spiro atoms. The highest BCUT2D eigenvalue weighted by atomic mass is 35.5. The Kier molecular flexibility index (Phi) is 3.66. The van der Waals surface area contributed by atoms with Crippen LogP contribution in [0, 0.1) is 0 Å². The van der Waals surface area contributed by atoms with E-state index in [9.17, 15) is 4.55 Å². The first-order chi connectivity index (χ1) is 9.66. The molecule has 0 saturated carbocycles. The van der Waals surface area contributed by atoms with Gasteiger partial charge >= 0.3 is 0 Å². The van der Waals surface area contributed by atoms with Gasteiger partial charge < -0.3 is 4.55 Å². The molecule has 0 N–H and O–H groups in total. The lowest BCUT2D eigenvalue weighted by Crippen LogP contribution is -2.00. The van der Waals surface area contributed by atoms with Crippen molar-refractivity contribution in [2.24, 2.45) is 0 Å². The van der Waals surface area contributed by atoms with E-state index in [4.69, 9.17) is 11.6 Å². The Hall–Kier alpha value is -1.55. The largest absolute Gasteiger partial charge is 0.612 e. The first-order valence-corrected chi connectivity index (χ1v) is 8.06. The van der Waals surface area contributed by atoms with Crippen LogP contribution in [-0.4, -0.2) is 15.8 Å². The molecule has 0 radical (unpaired) electrons. The Morgan fingerprint density at radius 3 is 2.75 bits per heavy atom. The SMILES string of the molecule is C[S+]([O-])c1ccc2cnccc2c1-c1cccc(Cl)c1. The number of hydrogen-bond acceptors (Lipinski definition) is 2. The summed E-state index contributed by atoms with van der Waals surface area (Å²) >= 11 is 5.02. The maximum Gasteiger partial charge on any atom is 0.160 e. The van der Waals surface area contributed by atoms with Crippen molar-refractivity contribution in [3.8, 4) is 11.1 Å². The molecule has 1 unspecified atom stereocenters. The number of benzene rings is 2. The fraction of sp³-hybridized carbons (Fsp3) is 0.0625. The molecule has 100 valence electrons. The molecule has 3 rings (SSSR count). The van der Waals surface area contributed by atoms with Crippen LogP contribution in [0.25, 0.3) is 21.9 Å². The molecular formula is C16H12ClNOS. The van der Waals surface area contributed by atoms with Crippen molar-refractivity contribution >= 4 is 33.5 Å². The zero-order valence-electron chi connectivity index (χ0n) is 10.8. The number of aromatic nitrogens is 1. The zero-order valence-corrected chi connectivity index (χ0v) is 12.4. The Morgan fingerprint density at radius 1 is 1.15 bits per heavy atom. The molecule has 2 nitrogen and oxygen atoms in total. The average Bonchev–Trinajstić information content (AvgIpc) is 2.46. The highest BCUT2D eigenvalue weighted by Gasteiger charge is 2.17. The second-order valence-electron chi connectivity index (χ2n) is 4.50. The molecule has 0 saturated heterocycles. The number of hydrogen-bond donors (Lipinski definition) is 0. The molecule has 4 heteroatoms. The van der Waals surface area contributed by atoms with Crippen LogP contribution in [0.1, 0.15) is 0 Å². The van der Waals surface area contributed by atoms with Gasteiger partial charge in [0, 0.05) is 28.4 Å². The molecule has 0 fully saturated rings. The molecule has 1 aromatic heterocycles. The maximum atomic E-state index is 12.0. The lowest BCUT2D eigenvalue weighted by atomic mass is 9.99. The second-order valence-corrected chi connectivity index (χ2v) is 6.28. The van der Waals surface area contributed by atoms with Crippen LogP contribution in [0.4, 0.5) is 0 Å². The third-order valence-electron chi connectivity index (χ3n) is 3.20. The predicted molar refractivity (Wildman–Crippen MR) is 84.5 cm³/mol. The Morgan fingerprint density at radius 2 is 2.00 bits per heavy atom. The summed E-state index contributed by atoms with van der Waals surface area (Å²) in [6, 6.07) is 13.4. The fourth-order valence-corrected chi connectivity index (χ4v) is 3.30. The molecule has 3 aromatic rings. The summed E-state index contributed by atoms with van der Waals surface area (Å²) in [5.74, 6) is 0. The van der Waals surface area contributed by atoms with Gasteiger partial charge in [0.25, 0.3) is 0 Å². The lowest BCUT2D eigenvalue weighted by Gasteiger charge is -2.13. The van der Waals surface area contributed by atoms with Gasteiger partial charge in [-0.1, -0.05) is 23.7 Å². The topological polar surface area (TPSA) is 36.0 Å². The van der Waals surface area contributed by atoms with Crippen LogP contribution in [0.2, 0.25) is 5.02 Å². The van der Waals surface area contributed by atoms with Gasteiger partial charge in [0.1, 0.15) is 6.26 Å². The zero-order chi connectivity index (χ0) is 14.1. The van der Waals surface area contributed by atoms with Gasteiger partial charge in [0.2, 0.25) is 0 Å². The van der Waals surface area contributed by atoms with Crippen molar-refractivity contribution in [1.82, 2.24) is 4.98 Å². The van der Waals surface area contributed by atoms with E-state index in [1.54, 1.807) is 12.5 Å². The van der Waals surface area contributed by atoms with Crippen LogP contribution in [0.5, 0.6) is 0 Å². The minimum Gasteiger partial charge on any atom is -0.612 e. The summed E-state index contributed by atoms with van der Waals surface area (Å²) in [6.07, 6.45) is 5.25. The number of halogens is 1. The summed E-state index contributed by atoms with van der Waals surface area (Å²) in [6.45, 7) is 0. The van der Waals surface area contributed by atoms with Crippen molar-refractivity contribution in [3.05, 3.63) is 59.9 Å². The van der Waals surface area contributed by atoms with E-state index in [-0.39, 0.29) is 0 Å². The van der Waals surface area contributed by atoms with Crippen molar-refractivity contribution in [3.63, 3.8) is 0 Å². The van der Waals surface area contributed by atoms with Crippen molar-refractivity contribution in [1.29, 1.82) is 0 Å². The second kappa shape index (κ2) is 5.44. The molecule has 1 heterocycles. The van der Waals surface area contributed by atoms with Crippen molar-refractivity contribution < 1.29 is 4.55 Å². The summed E-state index contributed by atoms with van der Waals surface area (Å²) in [5.41, 5.74) is 1.94. The smallest absolute Gasteiger partial charge is 0.160 e. The van der Waals surface area contributed by atoms with Crippen LogP contribution in [-0.2, 0) is 11.2 Å². The van der Waals surface area contributed by atoms with Gasteiger partial charge in [-0.25, -0.2) is 0 Å². The normalized spacial score (nSPS) is 12.6. The van der Waals surface area contributed by atoms with Crippen LogP contribution < -0.4 is 0 Å². The quantitative estimate of drug-likeness (QED) is 0.662. The van der Waals surface area contributed by atoms with Crippen LogP contribution in [0.3, 0.4) is 0 Å². The maximum absolute atomic E-state index is 12.0. The molecule has 0 aliphatic rings. The monoisotopic (exact) mass is 301 g/mol. The van der Waals surface area contributed by atoms with E-state index >= 15 is 0 Å². The van der Waals surface area contributed by atoms with Gasteiger partial charge in [-0.05, 0) is 52.5 Å². The molecule has 2 aromatic carbocycles. The third kappa shape index (κ3) is 2.40. The van der Waals surface area contributed by atoms with Gasteiger partial charge in [-0.2, -0.15) is 0 Å². The van der Waals surface area contributed by atoms with Crippen LogP contribution >= 0.6 is 11.6 Å². The molecule has 0 aliphatic heterocycles. The van der Waals surface area contributed by atoms with Crippen molar-refractivity contribution in [2.75, 3.05) is 6.26 Å². The first-order valence-electron chi connectivity index (χ1n) is 6.13. The molecular weight excluding hydrogens is 290 g/mol. The van der Waals surface area contributed by atoms with E-state index in [0.29, 0.717) is 5.02 Å². The highest BCUT2D eigenvalue weighted by molar-refractivity contribution is 7.90. The summed E-state index contributed by atoms with van der Waals surface area (Å²) in [7, 11) is 0. The lowest BCUT2D eigenvalue weighted by molar-refractivity contribution is 0.601. The highest BCUT2D eigenvalue weighted by Crippen LogP contribution is 2.35. The summed E-state index contributed by atoms with van der Waals surface area (Å²) < 4.78 is 12.0. The number of rotatable bonds is 2. The van der Waals surface area contributed by atoms with E-state index in [0.717, 1.165) is 26.8 Å². The average molecular weight is 302 g/mol. The van der Waals surface area contributed by atoms with E-state index < -0.39 is 11.2 Å². The van der Waals surface area contributed by atoms with Crippen molar-refractivity contribution in [2.45, 2.75) is 4.90 Å². The summed E-state index contributed by atoms with van der Waals surface area (Å²) in [4.78, 5) is 4.95. The van der Waals surface area contributed by atoms with Gasteiger partial charge in [0.15, 0.2) is 4.90 Å². The van der Waals surface area contributed by atoms with E-state index in [2.05, 4.69) is 4.98 Å². The first kappa shape index (κ1) is 13.4. The van der Waals surface area contributed by atoms with E-state index in [1.165, 1.54) is 0 Å². The molecule has 20 heavy (non-hydrogen) atoms. The standard InChI is InChI=1S/C16H12ClNOS/c1-20(19)15-6-5-12-10-18-8-7-14(12)16(15)11-3-2-4-13(17)9-11/h2-10H,1H3. The summed E-state index contributed by atoms with van der Waals surface area (Å²) in [5, 5.41) is 2.73.